The Kier molecular flexibility index (Phi) is 4.15. The summed E-state index contributed by atoms with van der Waals surface area (Å²) in [5.74, 6) is -0.0967. The fraction of sp³-hybridized carbons (Fsp3) is 0.263. The maximum Gasteiger partial charge on any atom is 0.254 e. The van der Waals surface area contributed by atoms with Crippen LogP contribution in [0.4, 0.5) is 0 Å². The third-order valence-electron chi connectivity index (χ3n) is 4.35. The molecule has 0 spiro atoms. The summed E-state index contributed by atoms with van der Waals surface area (Å²) in [6.07, 6.45) is 0. The molecule has 1 aliphatic rings. The summed E-state index contributed by atoms with van der Waals surface area (Å²) >= 11 is 0. The molecule has 2 amide bonds. The van der Waals surface area contributed by atoms with Crippen molar-refractivity contribution in [1.82, 2.24) is 9.80 Å². The van der Waals surface area contributed by atoms with Crippen molar-refractivity contribution in [1.29, 1.82) is 0 Å². The Morgan fingerprint density at radius 1 is 1.00 bits per heavy atom. The molecule has 0 bridgehead atoms. The Morgan fingerprint density at radius 2 is 1.70 bits per heavy atom. The fourth-order valence-corrected chi connectivity index (χ4v) is 2.92. The molecule has 0 N–H and O–H groups in total. The van der Waals surface area contributed by atoms with Crippen molar-refractivity contribution < 1.29 is 9.59 Å². The van der Waals surface area contributed by atoms with E-state index in [1.165, 1.54) is 0 Å². The SMILES string of the molecule is CC1C(=O)N(C)CCN1C(=O)c1cccc(-c2ccccc2)c1. The van der Waals surface area contributed by atoms with Crippen LogP contribution in [0.3, 0.4) is 0 Å². The lowest BCUT2D eigenvalue weighted by molar-refractivity contribution is -0.137. The zero-order valence-corrected chi connectivity index (χ0v) is 13.4. The maximum atomic E-state index is 12.8. The number of amides is 2. The fourth-order valence-electron chi connectivity index (χ4n) is 2.92. The number of piperazine rings is 1. The number of carbonyl (C=O) groups is 2. The number of benzene rings is 2. The zero-order chi connectivity index (χ0) is 16.4. The van der Waals surface area contributed by atoms with Crippen LogP contribution in [0.5, 0.6) is 0 Å². The van der Waals surface area contributed by atoms with Crippen LogP contribution < -0.4 is 0 Å². The smallest absolute Gasteiger partial charge is 0.254 e. The van der Waals surface area contributed by atoms with Crippen molar-refractivity contribution in [3.05, 3.63) is 60.2 Å². The van der Waals surface area contributed by atoms with E-state index in [4.69, 9.17) is 0 Å². The lowest BCUT2D eigenvalue weighted by Crippen LogP contribution is -2.56. The van der Waals surface area contributed by atoms with E-state index in [0.717, 1.165) is 11.1 Å². The minimum atomic E-state index is -0.415. The number of nitrogens with zero attached hydrogens (tertiary/aromatic N) is 2. The van der Waals surface area contributed by atoms with Gasteiger partial charge in [0.05, 0.1) is 0 Å². The number of hydrogen-bond acceptors (Lipinski definition) is 2. The van der Waals surface area contributed by atoms with E-state index in [1.54, 1.807) is 23.8 Å². The van der Waals surface area contributed by atoms with Gasteiger partial charge in [0.25, 0.3) is 5.91 Å². The summed E-state index contributed by atoms with van der Waals surface area (Å²) in [7, 11) is 1.77. The average molecular weight is 308 g/mol. The zero-order valence-electron chi connectivity index (χ0n) is 13.4. The van der Waals surface area contributed by atoms with E-state index in [2.05, 4.69) is 0 Å². The molecule has 4 nitrogen and oxygen atoms in total. The predicted molar refractivity (Wildman–Crippen MR) is 90.0 cm³/mol. The summed E-state index contributed by atoms with van der Waals surface area (Å²) in [4.78, 5) is 28.2. The Balaban J connectivity index is 1.87. The minimum absolute atomic E-state index is 0.0104. The van der Waals surface area contributed by atoms with Gasteiger partial charge in [-0.25, -0.2) is 0 Å². The molecule has 1 fully saturated rings. The van der Waals surface area contributed by atoms with Crippen molar-refractivity contribution in [3.63, 3.8) is 0 Å². The molecule has 1 aliphatic heterocycles. The van der Waals surface area contributed by atoms with E-state index in [0.29, 0.717) is 18.7 Å². The van der Waals surface area contributed by atoms with Gasteiger partial charge >= 0.3 is 0 Å². The molecule has 4 heteroatoms. The Labute approximate surface area is 136 Å². The minimum Gasteiger partial charge on any atom is -0.342 e. The van der Waals surface area contributed by atoms with Crippen molar-refractivity contribution >= 4 is 11.8 Å². The number of hydrogen-bond donors (Lipinski definition) is 0. The van der Waals surface area contributed by atoms with Gasteiger partial charge < -0.3 is 9.80 Å². The molecular formula is C19H20N2O2. The summed E-state index contributed by atoms with van der Waals surface area (Å²) in [6, 6.07) is 17.1. The molecule has 1 atom stereocenters. The van der Waals surface area contributed by atoms with Gasteiger partial charge in [-0.15, -0.1) is 0 Å². The molecule has 0 radical (unpaired) electrons. The second kappa shape index (κ2) is 6.24. The molecule has 1 saturated heterocycles. The average Bonchev–Trinajstić information content (AvgIpc) is 2.60. The standard InChI is InChI=1S/C19H20N2O2/c1-14-18(22)20(2)11-12-21(14)19(23)17-10-6-9-16(13-17)15-7-4-3-5-8-15/h3-10,13-14H,11-12H2,1-2H3. The summed E-state index contributed by atoms with van der Waals surface area (Å²) < 4.78 is 0. The lowest BCUT2D eigenvalue weighted by Gasteiger charge is -2.37. The highest BCUT2D eigenvalue weighted by molar-refractivity contribution is 5.99. The van der Waals surface area contributed by atoms with Gasteiger partial charge in [-0.1, -0.05) is 42.5 Å². The first-order chi connectivity index (χ1) is 11.1. The quantitative estimate of drug-likeness (QED) is 0.856. The molecule has 1 heterocycles. The van der Waals surface area contributed by atoms with Crippen LogP contribution >= 0.6 is 0 Å². The first-order valence-corrected chi connectivity index (χ1v) is 7.79. The van der Waals surface area contributed by atoms with Crippen LogP contribution in [0, 0.1) is 0 Å². The van der Waals surface area contributed by atoms with E-state index in [-0.39, 0.29) is 11.8 Å². The van der Waals surface area contributed by atoms with Gasteiger partial charge in [0.15, 0.2) is 0 Å². The topological polar surface area (TPSA) is 40.6 Å². The molecule has 118 valence electrons. The van der Waals surface area contributed by atoms with Gasteiger partial charge in [0.2, 0.25) is 5.91 Å². The van der Waals surface area contributed by atoms with Crippen LogP contribution in [0.2, 0.25) is 0 Å². The van der Waals surface area contributed by atoms with Crippen LogP contribution in [0.15, 0.2) is 54.6 Å². The Hall–Kier alpha value is -2.62. The highest BCUT2D eigenvalue weighted by atomic mass is 16.2. The monoisotopic (exact) mass is 308 g/mol. The molecule has 23 heavy (non-hydrogen) atoms. The largest absolute Gasteiger partial charge is 0.342 e. The molecule has 0 aromatic heterocycles. The van der Waals surface area contributed by atoms with Gasteiger partial charge in [-0.05, 0) is 30.2 Å². The Bertz CT molecular complexity index is 727. The normalized spacial score (nSPS) is 18.2. The number of carbonyl (C=O) groups excluding carboxylic acids is 2. The van der Waals surface area contributed by atoms with Crippen molar-refractivity contribution in [2.75, 3.05) is 20.1 Å². The molecule has 0 saturated carbocycles. The van der Waals surface area contributed by atoms with Crippen molar-refractivity contribution in [3.8, 4) is 11.1 Å². The predicted octanol–water partition coefficient (Wildman–Crippen LogP) is 2.66. The maximum absolute atomic E-state index is 12.8. The molecule has 2 aromatic rings. The first-order valence-electron chi connectivity index (χ1n) is 7.79. The van der Waals surface area contributed by atoms with Gasteiger partial charge in [-0.3, -0.25) is 9.59 Å². The third-order valence-corrected chi connectivity index (χ3v) is 4.35. The molecule has 1 unspecified atom stereocenters. The molecule has 2 aromatic carbocycles. The first kappa shape index (κ1) is 15.3. The van der Waals surface area contributed by atoms with Crippen LogP contribution in [0.25, 0.3) is 11.1 Å². The van der Waals surface area contributed by atoms with Crippen molar-refractivity contribution in [2.24, 2.45) is 0 Å². The van der Waals surface area contributed by atoms with Crippen LogP contribution in [0.1, 0.15) is 17.3 Å². The highest BCUT2D eigenvalue weighted by Crippen LogP contribution is 2.22. The number of rotatable bonds is 2. The summed E-state index contributed by atoms with van der Waals surface area (Å²) in [6.45, 7) is 2.93. The molecule has 0 aliphatic carbocycles. The van der Waals surface area contributed by atoms with Gasteiger partial charge in [-0.2, -0.15) is 0 Å². The van der Waals surface area contributed by atoms with E-state index in [1.807, 2.05) is 54.6 Å². The van der Waals surface area contributed by atoms with E-state index < -0.39 is 6.04 Å². The second-order valence-electron chi connectivity index (χ2n) is 5.88. The third kappa shape index (κ3) is 2.97. The summed E-state index contributed by atoms with van der Waals surface area (Å²) in [5, 5.41) is 0. The Morgan fingerprint density at radius 3 is 2.43 bits per heavy atom. The van der Waals surface area contributed by atoms with E-state index >= 15 is 0 Å². The van der Waals surface area contributed by atoms with Gasteiger partial charge in [0.1, 0.15) is 6.04 Å². The molecular weight excluding hydrogens is 288 g/mol. The van der Waals surface area contributed by atoms with Gasteiger partial charge in [0, 0.05) is 25.7 Å². The second-order valence-corrected chi connectivity index (χ2v) is 5.88. The lowest BCUT2D eigenvalue weighted by atomic mass is 10.0. The van der Waals surface area contributed by atoms with Crippen LogP contribution in [-0.2, 0) is 4.79 Å². The van der Waals surface area contributed by atoms with E-state index in [9.17, 15) is 9.59 Å². The van der Waals surface area contributed by atoms with Crippen molar-refractivity contribution in [2.45, 2.75) is 13.0 Å². The van der Waals surface area contributed by atoms with Crippen LogP contribution in [-0.4, -0.2) is 47.8 Å². The highest BCUT2D eigenvalue weighted by Gasteiger charge is 2.32. The molecule has 3 rings (SSSR count). The number of likely N-dealkylation sites (N-methyl/N-ethyl adjacent to an activating group) is 1. The summed E-state index contributed by atoms with van der Waals surface area (Å²) in [5.41, 5.74) is 2.70.